The minimum Gasteiger partial charge on any atom is -0.469 e. The summed E-state index contributed by atoms with van der Waals surface area (Å²) >= 11 is 0. The van der Waals surface area contributed by atoms with Gasteiger partial charge in [-0.2, -0.15) is 0 Å². The molecule has 1 fully saturated rings. The minimum absolute atomic E-state index is 0.149. The van der Waals surface area contributed by atoms with E-state index in [2.05, 4.69) is 0 Å². The third-order valence-electron chi connectivity index (χ3n) is 4.69. The van der Waals surface area contributed by atoms with Gasteiger partial charge in [0.1, 0.15) is 0 Å². The lowest BCUT2D eigenvalue weighted by molar-refractivity contribution is -0.153. The van der Waals surface area contributed by atoms with Gasteiger partial charge in [0.2, 0.25) is 0 Å². The van der Waals surface area contributed by atoms with Crippen molar-refractivity contribution in [2.75, 3.05) is 32.6 Å². The average molecular weight is 411 g/mol. The predicted molar refractivity (Wildman–Crippen MR) is 100 cm³/mol. The fourth-order valence-corrected chi connectivity index (χ4v) is 4.14. The zero-order valence-corrected chi connectivity index (χ0v) is 16.9. The number of hydrogen-bond acceptors (Lipinski definition) is 7. The Bertz CT molecular complexity index is 809. The normalized spacial score (nSPS) is 15.1. The van der Waals surface area contributed by atoms with Crippen LogP contribution < -0.4 is 0 Å². The van der Waals surface area contributed by atoms with Gasteiger partial charge in [-0.25, -0.2) is 8.42 Å². The second-order valence-electron chi connectivity index (χ2n) is 6.72. The molecule has 0 atom stereocenters. The van der Waals surface area contributed by atoms with Gasteiger partial charge in [0.05, 0.1) is 30.1 Å². The molecule has 1 aliphatic rings. The van der Waals surface area contributed by atoms with Gasteiger partial charge in [0.15, 0.2) is 16.4 Å². The van der Waals surface area contributed by atoms with Crippen molar-refractivity contribution in [1.29, 1.82) is 0 Å². The van der Waals surface area contributed by atoms with E-state index < -0.39 is 22.4 Å². The number of carbonyl (C=O) groups is 3. The van der Waals surface area contributed by atoms with Gasteiger partial charge in [-0.3, -0.25) is 14.4 Å². The number of nitrogens with zero attached hydrogens (tertiary/aromatic N) is 1. The first-order valence-electron chi connectivity index (χ1n) is 9.03. The molecule has 154 valence electrons. The van der Waals surface area contributed by atoms with Crippen LogP contribution in [0.5, 0.6) is 0 Å². The number of likely N-dealkylation sites (tertiary alicyclic amines) is 1. The van der Waals surface area contributed by atoms with E-state index in [0.29, 0.717) is 25.9 Å². The topological polar surface area (TPSA) is 107 Å². The van der Waals surface area contributed by atoms with Crippen molar-refractivity contribution in [1.82, 2.24) is 4.90 Å². The average Bonchev–Trinajstić information content (AvgIpc) is 2.70. The molecule has 0 radical (unpaired) electrons. The quantitative estimate of drug-likeness (QED) is 0.619. The highest BCUT2D eigenvalue weighted by molar-refractivity contribution is 7.91. The van der Waals surface area contributed by atoms with Crippen LogP contribution in [0.2, 0.25) is 0 Å². The lowest BCUT2D eigenvalue weighted by Crippen LogP contribution is -2.42. The molecule has 2 rings (SSSR count). The van der Waals surface area contributed by atoms with Gasteiger partial charge in [0, 0.05) is 13.1 Å². The molecule has 9 heteroatoms. The highest BCUT2D eigenvalue weighted by Gasteiger charge is 2.28. The lowest BCUT2D eigenvalue weighted by Gasteiger charge is -2.30. The van der Waals surface area contributed by atoms with Crippen molar-refractivity contribution in [3.05, 3.63) is 29.8 Å². The maximum atomic E-state index is 12.2. The third kappa shape index (κ3) is 6.05. The Labute approximate surface area is 164 Å². The monoisotopic (exact) mass is 411 g/mol. The summed E-state index contributed by atoms with van der Waals surface area (Å²) in [4.78, 5) is 37.1. The molecule has 28 heavy (non-hydrogen) atoms. The van der Waals surface area contributed by atoms with Crippen LogP contribution >= 0.6 is 0 Å². The number of sulfone groups is 1. The Balaban J connectivity index is 1.74. The molecule has 1 saturated heterocycles. The van der Waals surface area contributed by atoms with E-state index in [0.717, 1.165) is 5.56 Å². The molecular weight excluding hydrogens is 386 g/mol. The fraction of sp³-hybridized carbons (Fsp3) is 0.526. The van der Waals surface area contributed by atoms with Crippen LogP contribution in [0.4, 0.5) is 0 Å². The summed E-state index contributed by atoms with van der Waals surface area (Å²) in [5.74, 6) is -1.99. The molecule has 1 amide bonds. The minimum atomic E-state index is -3.59. The molecule has 8 nitrogen and oxygen atoms in total. The number of benzene rings is 1. The van der Waals surface area contributed by atoms with Crippen LogP contribution in [0.25, 0.3) is 0 Å². The SMILES string of the molecule is COC(=O)C1CCN(C(=O)COC(=O)CCS(=O)(=O)c2ccc(C)cc2)CC1. The molecule has 0 unspecified atom stereocenters. The Morgan fingerprint density at radius 3 is 2.29 bits per heavy atom. The summed E-state index contributed by atoms with van der Waals surface area (Å²) in [6.45, 7) is 2.19. The number of ether oxygens (including phenoxy) is 2. The molecule has 0 spiro atoms. The third-order valence-corrected chi connectivity index (χ3v) is 6.43. The highest BCUT2D eigenvalue weighted by atomic mass is 32.2. The number of amides is 1. The standard InChI is InChI=1S/C19H25NO7S/c1-14-3-5-16(6-4-14)28(24,25)12-9-18(22)27-13-17(21)20-10-7-15(8-11-20)19(23)26-2/h3-6,15H,7-13H2,1-2H3. The van der Waals surface area contributed by atoms with Crippen molar-refractivity contribution in [2.45, 2.75) is 31.1 Å². The van der Waals surface area contributed by atoms with E-state index >= 15 is 0 Å². The molecule has 1 heterocycles. The zero-order valence-electron chi connectivity index (χ0n) is 16.0. The Morgan fingerprint density at radius 1 is 1.11 bits per heavy atom. The summed E-state index contributed by atoms with van der Waals surface area (Å²) in [5.41, 5.74) is 0.937. The molecule has 0 N–H and O–H groups in total. The van der Waals surface area contributed by atoms with Gasteiger partial charge >= 0.3 is 11.9 Å². The maximum absolute atomic E-state index is 12.2. The summed E-state index contributed by atoms with van der Waals surface area (Å²) in [7, 11) is -2.26. The molecule has 1 aromatic carbocycles. The van der Waals surface area contributed by atoms with Crippen molar-refractivity contribution in [3.63, 3.8) is 0 Å². The van der Waals surface area contributed by atoms with Gasteiger partial charge in [0.25, 0.3) is 5.91 Å². The van der Waals surface area contributed by atoms with Crippen LogP contribution in [0, 0.1) is 12.8 Å². The Kier molecular flexibility index (Phi) is 7.56. The van der Waals surface area contributed by atoms with Crippen molar-refractivity contribution in [2.24, 2.45) is 5.92 Å². The second-order valence-corrected chi connectivity index (χ2v) is 8.83. The highest BCUT2D eigenvalue weighted by Crippen LogP contribution is 2.18. The van der Waals surface area contributed by atoms with Crippen LogP contribution in [0.15, 0.2) is 29.2 Å². The smallest absolute Gasteiger partial charge is 0.308 e. The van der Waals surface area contributed by atoms with E-state index in [9.17, 15) is 22.8 Å². The van der Waals surface area contributed by atoms with Crippen LogP contribution in [0.3, 0.4) is 0 Å². The van der Waals surface area contributed by atoms with Crippen LogP contribution in [-0.2, 0) is 33.7 Å². The van der Waals surface area contributed by atoms with Gasteiger partial charge in [-0.1, -0.05) is 17.7 Å². The van der Waals surface area contributed by atoms with Gasteiger partial charge in [-0.05, 0) is 31.9 Å². The lowest BCUT2D eigenvalue weighted by atomic mass is 9.97. The number of methoxy groups -OCH3 is 1. The van der Waals surface area contributed by atoms with Crippen LogP contribution in [-0.4, -0.2) is 63.7 Å². The zero-order chi connectivity index (χ0) is 20.7. The number of rotatable bonds is 7. The molecule has 1 aliphatic heterocycles. The maximum Gasteiger partial charge on any atom is 0.308 e. The summed E-state index contributed by atoms with van der Waals surface area (Å²) in [6.07, 6.45) is 0.677. The van der Waals surface area contributed by atoms with Gasteiger partial charge in [-0.15, -0.1) is 0 Å². The number of piperidine rings is 1. The Morgan fingerprint density at radius 2 is 1.71 bits per heavy atom. The molecule has 0 bridgehead atoms. The first-order chi connectivity index (χ1) is 13.2. The molecular formula is C19H25NO7S. The molecule has 0 saturated carbocycles. The van der Waals surface area contributed by atoms with E-state index in [-0.39, 0.29) is 34.9 Å². The van der Waals surface area contributed by atoms with E-state index in [4.69, 9.17) is 9.47 Å². The van der Waals surface area contributed by atoms with E-state index in [1.54, 1.807) is 12.1 Å². The number of hydrogen-bond donors (Lipinski definition) is 0. The van der Waals surface area contributed by atoms with E-state index in [1.807, 2.05) is 6.92 Å². The first kappa shape index (κ1) is 21.9. The van der Waals surface area contributed by atoms with E-state index in [1.165, 1.54) is 24.1 Å². The second kappa shape index (κ2) is 9.68. The number of carbonyl (C=O) groups excluding carboxylic acids is 3. The molecule has 0 aliphatic carbocycles. The molecule has 0 aromatic heterocycles. The largest absolute Gasteiger partial charge is 0.469 e. The fourth-order valence-electron chi connectivity index (χ4n) is 2.92. The summed E-state index contributed by atoms with van der Waals surface area (Å²) < 4.78 is 34.1. The summed E-state index contributed by atoms with van der Waals surface area (Å²) in [6, 6.07) is 6.37. The van der Waals surface area contributed by atoms with Crippen molar-refractivity contribution < 1.29 is 32.3 Å². The number of esters is 2. The molecule has 1 aromatic rings. The predicted octanol–water partition coefficient (Wildman–Crippen LogP) is 1.11. The van der Waals surface area contributed by atoms with Gasteiger partial charge < -0.3 is 14.4 Å². The summed E-state index contributed by atoms with van der Waals surface area (Å²) in [5, 5.41) is 0. The van der Waals surface area contributed by atoms with Crippen molar-refractivity contribution in [3.8, 4) is 0 Å². The van der Waals surface area contributed by atoms with Crippen molar-refractivity contribution >= 4 is 27.7 Å². The number of aryl methyl sites for hydroxylation is 1. The van der Waals surface area contributed by atoms with Crippen LogP contribution in [0.1, 0.15) is 24.8 Å². The first-order valence-corrected chi connectivity index (χ1v) is 10.7. The Hall–Kier alpha value is -2.42.